The van der Waals surface area contributed by atoms with Gasteiger partial charge in [-0.2, -0.15) is 5.26 Å². The number of rotatable bonds is 3. The first-order chi connectivity index (χ1) is 13.2. The zero-order valence-electron chi connectivity index (χ0n) is 17.2. The maximum atomic E-state index is 13.1. The minimum atomic E-state index is -1.14. The van der Waals surface area contributed by atoms with Crippen molar-refractivity contribution in [2.75, 3.05) is 0 Å². The fraction of sp³-hybridized carbons (Fsp3) is 0.739. The van der Waals surface area contributed by atoms with Crippen LogP contribution in [-0.2, 0) is 19.1 Å². The highest BCUT2D eigenvalue weighted by Gasteiger charge is 2.76. The summed E-state index contributed by atoms with van der Waals surface area (Å²) in [5.74, 6) is -0.856. The second-order valence-corrected chi connectivity index (χ2v) is 10.1. The SMILES string of the molecule is CC(C)OC(=O)[C@]1(C#N)C2CCC3C(=CCC4C(C)(C)CCC(=O)[C@@]34C=O)C21. The summed E-state index contributed by atoms with van der Waals surface area (Å²) in [5, 5.41) is 9.94. The van der Waals surface area contributed by atoms with Crippen LogP contribution in [0.1, 0.15) is 59.8 Å². The Bertz CT molecular complexity index is 819. The molecular weight excluding hydrogens is 354 g/mol. The molecule has 4 aliphatic rings. The Morgan fingerprint density at radius 3 is 2.68 bits per heavy atom. The largest absolute Gasteiger partial charge is 0.462 e. The van der Waals surface area contributed by atoms with E-state index in [2.05, 4.69) is 26.0 Å². The van der Waals surface area contributed by atoms with Gasteiger partial charge in [-0.25, -0.2) is 0 Å². The van der Waals surface area contributed by atoms with Gasteiger partial charge >= 0.3 is 5.97 Å². The molecule has 28 heavy (non-hydrogen) atoms. The third kappa shape index (κ3) is 2.21. The van der Waals surface area contributed by atoms with Crippen LogP contribution in [0.5, 0.6) is 0 Å². The molecule has 3 saturated carbocycles. The Balaban J connectivity index is 1.76. The van der Waals surface area contributed by atoms with E-state index in [9.17, 15) is 19.6 Å². The molecule has 0 heterocycles. The number of ether oxygens (including phenoxy) is 1. The maximum Gasteiger partial charge on any atom is 0.327 e. The number of hydrogen-bond acceptors (Lipinski definition) is 5. The average molecular weight is 383 g/mol. The molecule has 0 N–H and O–H groups in total. The van der Waals surface area contributed by atoms with Gasteiger partial charge in [-0.1, -0.05) is 25.5 Å². The van der Waals surface area contributed by atoms with Crippen LogP contribution in [0.3, 0.4) is 0 Å². The van der Waals surface area contributed by atoms with Gasteiger partial charge in [-0.3, -0.25) is 9.59 Å². The number of nitriles is 1. The number of fused-ring (bicyclic) bond motifs is 5. The number of carbonyl (C=O) groups is 3. The standard InChI is InChI=1S/C23H29NO4/c1-13(2)28-20(27)22(11-24)16-7-6-15-14(19(16)22)5-8-17-21(3,4)10-9-18(26)23(15,17)12-25/h5,12-13,15-17,19H,6-10H2,1-4H3/t15?,16?,17?,19?,22-,23+/m1/s1. The molecule has 0 spiro atoms. The van der Waals surface area contributed by atoms with Crippen molar-refractivity contribution in [3.8, 4) is 6.07 Å². The molecule has 3 fully saturated rings. The Labute approximate surface area is 166 Å². The summed E-state index contributed by atoms with van der Waals surface area (Å²) in [6.07, 6.45) is 6.05. The summed E-state index contributed by atoms with van der Waals surface area (Å²) in [7, 11) is 0. The summed E-state index contributed by atoms with van der Waals surface area (Å²) in [6.45, 7) is 7.88. The monoisotopic (exact) mass is 383 g/mol. The molecule has 0 saturated heterocycles. The fourth-order valence-corrected chi connectivity index (χ4v) is 6.75. The Morgan fingerprint density at radius 1 is 1.36 bits per heavy atom. The van der Waals surface area contributed by atoms with Crippen molar-refractivity contribution in [1.82, 2.24) is 0 Å². The van der Waals surface area contributed by atoms with E-state index < -0.39 is 16.8 Å². The lowest BCUT2D eigenvalue weighted by atomic mass is 9.46. The molecule has 0 aromatic rings. The van der Waals surface area contributed by atoms with Crippen molar-refractivity contribution in [2.45, 2.75) is 65.9 Å². The molecule has 4 aliphatic carbocycles. The first-order valence-corrected chi connectivity index (χ1v) is 10.5. The number of Topliss-reactive ketones (excluding diaryl/α,β-unsaturated/α-hetero) is 1. The fourth-order valence-electron chi connectivity index (χ4n) is 6.75. The van der Waals surface area contributed by atoms with E-state index in [1.807, 2.05) is 0 Å². The van der Waals surface area contributed by atoms with Crippen LogP contribution in [0, 0.1) is 51.2 Å². The molecule has 5 heteroatoms. The van der Waals surface area contributed by atoms with E-state index in [4.69, 9.17) is 4.74 Å². The van der Waals surface area contributed by atoms with Crippen LogP contribution >= 0.6 is 0 Å². The number of aldehydes is 1. The minimum Gasteiger partial charge on any atom is -0.462 e. The van der Waals surface area contributed by atoms with Gasteiger partial charge in [0, 0.05) is 12.3 Å². The molecular formula is C23H29NO4. The molecule has 4 rings (SSSR count). The van der Waals surface area contributed by atoms with Crippen molar-refractivity contribution < 1.29 is 19.1 Å². The predicted molar refractivity (Wildman–Crippen MR) is 102 cm³/mol. The lowest BCUT2D eigenvalue weighted by molar-refractivity contribution is -0.154. The summed E-state index contributed by atoms with van der Waals surface area (Å²) in [4.78, 5) is 38.4. The van der Waals surface area contributed by atoms with Gasteiger partial charge in [0.15, 0.2) is 5.41 Å². The number of allylic oxidation sites excluding steroid dienone is 2. The Hall–Kier alpha value is -1.96. The molecule has 4 unspecified atom stereocenters. The molecule has 0 amide bonds. The molecule has 0 aliphatic heterocycles. The summed E-state index contributed by atoms with van der Waals surface area (Å²) < 4.78 is 5.43. The van der Waals surface area contributed by atoms with E-state index in [1.165, 1.54) is 0 Å². The van der Waals surface area contributed by atoms with Gasteiger partial charge in [0.05, 0.1) is 17.6 Å². The van der Waals surface area contributed by atoms with Crippen LogP contribution in [-0.4, -0.2) is 24.1 Å². The number of carbonyl (C=O) groups excluding carboxylic acids is 3. The normalized spacial score (nSPS) is 43.0. The van der Waals surface area contributed by atoms with Crippen LogP contribution in [0.25, 0.3) is 0 Å². The van der Waals surface area contributed by atoms with Crippen molar-refractivity contribution in [1.29, 1.82) is 5.26 Å². The zero-order chi connectivity index (χ0) is 20.5. The summed E-state index contributed by atoms with van der Waals surface area (Å²) in [5.41, 5.74) is -1.23. The Morgan fingerprint density at radius 2 is 2.07 bits per heavy atom. The first-order valence-electron chi connectivity index (χ1n) is 10.5. The van der Waals surface area contributed by atoms with Crippen molar-refractivity contribution >= 4 is 18.0 Å². The quantitative estimate of drug-likeness (QED) is 0.322. The molecule has 0 bridgehead atoms. The maximum absolute atomic E-state index is 13.1. The molecule has 0 aromatic carbocycles. The van der Waals surface area contributed by atoms with E-state index in [-0.39, 0.29) is 41.0 Å². The van der Waals surface area contributed by atoms with Gasteiger partial charge in [0.2, 0.25) is 0 Å². The second kappa shape index (κ2) is 6.02. The molecule has 5 nitrogen and oxygen atoms in total. The molecule has 6 atom stereocenters. The topological polar surface area (TPSA) is 84.2 Å². The number of nitrogens with zero attached hydrogens (tertiary/aromatic N) is 1. The number of hydrogen-bond donors (Lipinski definition) is 0. The van der Waals surface area contributed by atoms with Crippen LogP contribution in [0.15, 0.2) is 11.6 Å². The zero-order valence-corrected chi connectivity index (χ0v) is 17.2. The van der Waals surface area contributed by atoms with E-state index in [0.29, 0.717) is 25.7 Å². The third-order valence-corrected chi connectivity index (χ3v) is 8.12. The highest BCUT2D eigenvalue weighted by Crippen LogP contribution is 2.73. The van der Waals surface area contributed by atoms with Gasteiger partial charge < -0.3 is 9.53 Å². The lowest BCUT2D eigenvalue weighted by Crippen LogP contribution is -2.57. The minimum absolute atomic E-state index is 0.0121. The Kier molecular flexibility index (Phi) is 4.16. The van der Waals surface area contributed by atoms with Crippen LogP contribution in [0.2, 0.25) is 0 Å². The summed E-state index contributed by atoms with van der Waals surface area (Å²) in [6, 6.07) is 2.27. The third-order valence-electron chi connectivity index (χ3n) is 8.12. The molecule has 150 valence electrons. The van der Waals surface area contributed by atoms with E-state index in [1.54, 1.807) is 13.8 Å². The van der Waals surface area contributed by atoms with Gasteiger partial charge in [0.1, 0.15) is 12.1 Å². The number of esters is 1. The molecule has 0 aromatic heterocycles. The highest BCUT2D eigenvalue weighted by molar-refractivity contribution is 6.01. The predicted octanol–water partition coefficient (Wildman–Crippen LogP) is 3.62. The summed E-state index contributed by atoms with van der Waals surface area (Å²) >= 11 is 0. The van der Waals surface area contributed by atoms with Crippen LogP contribution in [0.4, 0.5) is 0 Å². The molecule has 0 radical (unpaired) electrons. The van der Waals surface area contributed by atoms with Crippen molar-refractivity contribution in [3.63, 3.8) is 0 Å². The van der Waals surface area contributed by atoms with Crippen LogP contribution < -0.4 is 0 Å². The van der Waals surface area contributed by atoms with Crippen molar-refractivity contribution in [3.05, 3.63) is 11.6 Å². The first kappa shape index (κ1) is 19.4. The van der Waals surface area contributed by atoms with Gasteiger partial charge in [-0.05, 0) is 62.7 Å². The number of ketones is 1. The van der Waals surface area contributed by atoms with E-state index >= 15 is 0 Å². The van der Waals surface area contributed by atoms with Crippen molar-refractivity contribution in [2.24, 2.45) is 39.9 Å². The van der Waals surface area contributed by atoms with Gasteiger partial charge in [-0.15, -0.1) is 0 Å². The second-order valence-electron chi connectivity index (χ2n) is 10.1. The van der Waals surface area contributed by atoms with Gasteiger partial charge in [0.25, 0.3) is 0 Å². The lowest BCUT2D eigenvalue weighted by Gasteiger charge is -2.55. The highest BCUT2D eigenvalue weighted by atomic mass is 16.5. The smallest absolute Gasteiger partial charge is 0.327 e. The average Bonchev–Trinajstić information content (AvgIpc) is 3.33. The van der Waals surface area contributed by atoms with E-state index in [0.717, 1.165) is 18.3 Å².